The first-order valence-electron chi connectivity index (χ1n) is 8.22. The third kappa shape index (κ3) is 3.82. The number of esters is 1. The number of carbonyl (C=O) groups excluding carboxylic acids is 2. The van der Waals surface area contributed by atoms with Gasteiger partial charge < -0.3 is 19.6 Å². The van der Waals surface area contributed by atoms with Crippen LogP contribution in [0.25, 0.3) is 0 Å². The molecule has 1 aromatic rings. The first kappa shape index (κ1) is 19.0. The summed E-state index contributed by atoms with van der Waals surface area (Å²) in [5.74, 6) is -2.57. The molecule has 2 heterocycles. The highest BCUT2D eigenvalue weighted by molar-refractivity contribution is 6.06. The van der Waals surface area contributed by atoms with Gasteiger partial charge in [-0.1, -0.05) is 11.7 Å². The van der Waals surface area contributed by atoms with E-state index in [0.29, 0.717) is 0 Å². The van der Waals surface area contributed by atoms with Crippen LogP contribution < -0.4 is 5.32 Å². The number of methoxy groups -OCH3 is 1. The summed E-state index contributed by atoms with van der Waals surface area (Å²) in [6.07, 6.45) is 0.752. The topological polar surface area (TPSA) is 86.2 Å². The van der Waals surface area contributed by atoms with Gasteiger partial charge in [-0.3, -0.25) is 4.79 Å². The number of halogens is 2. The van der Waals surface area contributed by atoms with Gasteiger partial charge in [0.05, 0.1) is 25.5 Å². The van der Waals surface area contributed by atoms with Crippen molar-refractivity contribution >= 4 is 17.6 Å². The Kier molecular flexibility index (Phi) is 5.22. The van der Waals surface area contributed by atoms with Crippen molar-refractivity contribution in [1.82, 2.24) is 5.32 Å². The maximum atomic E-state index is 13.4. The average Bonchev–Trinajstić information content (AvgIpc) is 3.28. The summed E-state index contributed by atoms with van der Waals surface area (Å²) < 4.78 is 36.8. The van der Waals surface area contributed by atoms with Gasteiger partial charge in [-0.2, -0.15) is 0 Å². The smallest absolute Gasteiger partial charge is 0.335 e. The molecule has 0 aliphatic carbocycles. The molecule has 3 rings (SSSR count). The van der Waals surface area contributed by atoms with E-state index < -0.39 is 41.3 Å². The molecule has 3 atom stereocenters. The molecule has 0 radical (unpaired) electrons. The van der Waals surface area contributed by atoms with E-state index in [1.807, 2.05) is 0 Å². The summed E-state index contributed by atoms with van der Waals surface area (Å²) in [4.78, 5) is 29.5. The molecule has 0 unspecified atom stereocenters. The molecule has 1 aromatic carbocycles. The second-order valence-corrected chi connectivity index (χ2v) is 6.31. The Morgan fingerprint density at radius 1 is 1.37 bits per heavy atom. The molecular weight excluding hydrogens is 362 g/mol. The standard InChI is InChI=1S/C18H18F2N2O5/c1-3-18(17(24)21-13-7-15(26-9-13)16(23)25-2)8-14(22-27-18)10-4-11(19)6-12(20)5-10/h3-6,13,15H,1,7-9H2,2H3,(H,21,24)/t13-,15-,18-/m0/s1. The lowest BCUT2D eigenvalue weighted by Gasteiger charge is -2.23. The Hall–Kier alpha value is -2.81. The quantitative estimate of drug-likeness (QED) is 0.617. The van der Waals surface area contributed by atoms with Crippen molar-refractivity contribution in [3.63, 3.8) is 0 Å². The van der Waals surface area contributed by atoms with Gasteiger partial charge in [-0.05, 0) is 18.2 Å². The molecule has 0 saturated carbocycles. The molecule has 0 aromatic heterocycles. The van der Waals surface area contributed by atoms with Gasteiger partial charge in [0.2, 0.25) is 5.60 Å². The number of benzene rings is 1. The Balaban J connectivity index is 1.67. The van der Waals surface area contributed by atoms with Crippen LogP contribution in [-0.4, -0.2) is 49.1 Å². The third-order valence-corrected chi connectivity index (χ3v) is 4.46. The molecule has 0 bridgehead atoms. The molecule has 1 saturated heterocycles. The zero-order valence-corrected chi connectivity index (χ0v) is 14.5. The highest BCUT2D eigenvalue weighted by Crippen LogP contribution is 2.29. The lowest BCUT2D eigenvalue weighted by atomic mass is 9.92. The fourth-order valence-corrected chi connectivity index (χ4v) is 2.98. The minimum absolute atomic E-state index is 0.0424. The Morgan fingerprint density at radius 3 is 2.70 bits per heavy atom. The summed E-state index contributed by atoms with van der Waals surface area (Å²) in [6.45, 7) is 3.76. The second kappa shape index (κ2) is 7.43. The third-order valence-electron chi connectivity index (χ3n) is 4.46. The molecule has 7 nitrogen and oxygen atoms in total. The summed E-state index contributed by atoms with van der Waals surface area (Å²) in [6, 6.07) is 2.53. The number of oxime groups is 1. The molecular formula is C18H18F2N2O5. The fourth-order valence-electron chi connectivity index (χ4n) is 2.98. The summed E-state index contributed by atoms with van der Waals surface area (Å²) in [5, 5.41) is 6.54. The SMILES string of the molecule is C=C[C@@]1(C(=O)N[C@@H]2CO[C@H](C(=O)OC)C2)CC(c2cc(F)cc(F)c2)=NO1. The van der Waals surface area contributed by atoms with Crippen LogP contribution >= 0.6 is 0 Å². The van der Waals surface area contributed by atoms with E-state index in [1.165, 1.54) is 13.2 Å². The van der Waals surface area contributed by atoms with Gasteiger partial charge in [-0.15, -0.1) is 0 Å². The van der Waals surface area contributed by atoms with E-state index in [9.17, 15) is 18.4 Å². The van der Waals surface area contributed by atoms with Crippen LogP contribution in [0, 0.1) is 11.6 Å². The Bertz CT molecular complexity index is 793. The van der Waals surface area contributed by atoms with Crippen molar-refractivity contribution < 1.29 is 32.7 Å². The van der Waals surface area contributed by atoms with Crippen LogP contribution in [0.5, 0.6) is 0 Å². The number of hydrogen-bond acceptors (Lipinski definition) is 6. The van der Waals surface area contributed by atoms with E-state index in [4.69, 9.17) is 9.57 Å². The van der Waals surface area contributed by atoms with Crippen LogP contribution in [0.4, 0.5) is 8.78 Å². The van der Waals surface area contributed by atoms with Crippen molar-refractivity contribution in [2.24, 2.45) is 5.16 Å². The summed E-state index contributed by atoms with van der Waals surface area (Å²) in [7, 11) is 1.25. The molecule has 144 valence electrons. The minimum atomic E-state index is -1.51. The molecule has 1 fully saturated rings. The van der Waals surface area contributed by atoms with Crippen molar-refractivity contribution in [2.75, 3.05) is 13.7 Å². The number of ether oxygens (including phenoxy) is 2. The van der Waals surface area contributed by atoms with Gasteiger partial charge in [0.1, 0.15) is 11.6 Å². The molecule has 9 heteroatoms. The van der Waals surface area contributed by atoms with Crippen LogP contribution in [0.3, 0.4) is 0 Å². The molecule has 1 N–H and O–H groups in total. The van der Waals surface area contributed by atoms with Crippen molar-refractivity contribution in [3.8, 4) is 0 Å². The molecule has 27 heavy (non-hydrogen) atoms. The van der Waals surface area contributed by atoms with Gasteiger partial charge in [0, 0.05) is 24.5 Å². The first-order valence-corrected chi connectivity index (χ1v) is 8.22. The van der Waals surface area contributed by atoms with E-state index in [1.54, 1.807) is 0 Å². The van der Waals surface area contributed by atoms with Crippen molar-refractivity contribution in [3.05, 3.63) is 48.1 Å². The lowest BCUT2D eigenvalue weighted by Crippen LogP contribution is -2.49. The van der Waals surface area contributed by atoms with E-state index >= 15 is 0 Å². The number of nitrogens with zero attached hydrogens (tertiary/aromatic N) is 1. The zero-order chi connectivity index (χ0) is 19.6. The normalized spacial score (nSPS) is 26.9. The number of amides is 1. The molecule has 0 spiro atoms. The first-order chi connectivity index (χ1) is 12.9. The monoisotopic (exact) mass is 380 g/mol. The minimum Gasteiger partial charge on any atom is -0.467 e. The highest BCUT2D eigenvalue weighted by Gasteiger charge is 2.46. The van der Waals surface area contributed by atoms with Crippen molar-refractivity contribution in [2.45, 2.75) is 30.6 Å². The maximum Gasteiger partial charge on any atom is 0.335 e. The van der Waals surface area contributed by atoms with Crippen molar-refractivity contribution in [1.29, 1.82) is 0 Å². The van der Waals surface area contributed by atoms with Crippen LogP contribution in [0.15, 0.2) is 36.0 Å². The predicted molar refractivity (Wildman–Crippen MR) is 89.8 cm³/mol. The molecule has 2 aliphatic rings. The van der Waals surface area contributed by atoms with Crippen LogP contribution in [0.1, 0.15) is 18.4 Å². The Labute approximate surface area is 154 Å². The van der Waals surface area contributed by atoms with E-state index in [-0.39, 0.29) is 30.7 Å². The Morgan fingerprint density at radius 2 is 2.07 bits per heavy atom. The number of carbonyl (C=O) groups is 2. The zero-order valence-electron chi connectivity index (χ0n) is 14.5. The van der Waals surface area contributed by atoms with E-state index in [0.717, 1.165) is 18.2 Å². The summed E-state index contributed by atoms with van der Waals surface area (Å²) >= 11 is 0. The summed E-state index contributed by atoms with van der Waals surface area (Å²) in [5.41, 5.74) is -1.11. The van der Waals surface area contributed by atoms with Gasteiger partial charge in [-0.25, -0.2) is 13.6 Å². The molecule has 2 aliphatic heterocycles. The fraction of sp³-hybridized carbons (Fsp3) is 0.389. The van der Waals surface area contributed by atoms with Gasteiger partial charge >= 0.3 is 5.97 Å². The van der Waals surface area contributed by atoms with Gasteiger partial charge in [0.15, 0.2) is 6.10 Å². The number of hydrogen-bond donors (Lipinski definition) is 1. The maximum absolute atomic E-state index is 13.4. The predicted octanol–water partition coefficient (Wildman–Crippen LogP) is 1.46. The number of rotatable bonds is 5. The molecule has 1 amide bonds. The van der Waals surface area contributed by atoms with E-state index in [2.05, 4.69) is 21.8 Å². The lowest BCUT2D eigenvalue weighted by molar-refractivity contribution is -0.151. The van der Waals surface area contributed by atoms with Crippen LogP contribution in [0.2, 0.25) is 0 Å². The van der Waals surface area contributed by atoms with Crippen LogP contribution in [-0.2, 0) is 23.9 Å². The largest absolute Gasteiger partial charge is 0.467 e. The second-order valence-electron chi connectivity index (χ2n) is 6.31. The number of nitrogens with one attached hydrogen (secondary N) is 1. The average molecular weight is 380 g/mol. The van der Waals surface area contributed by atoms with Gasteiger partial charge in [0.25, 0.3) is 5.91 Å². The highest BCUT2D eigenvalue weighted by atomic mass is 19.1.